The lowest BCUT2D eigenvalue weighted by atomic mass is 9.90. The Balaban J connectivity index is 1.93. The van der Waals surface area contributed by atoms with Crippen LogP contribution in [0.15, 0.2) is 0 Å². The highest BCUT2D eigenvalue weighted by Gasteiger charge is 2.37. The summed E-state index contributed by atoms with van der Waals surface area (Å²) in [7, 11) is -0.684. The molecule has 4 heteroatoms. The highest BCUT2D eigenvalue weighted by Crippen LogP contribution is 2.38. The van der Waals surface area contributed by atoms with Crippen molar-refractivity contribution in [2.75, 3.05) is 18.6 Å². The summed E-state index contributed by atoms with van der Waals surface area (Å²) in [5, 5.41) is 3.37. The van der Waals surface area contributed by atoms with Gasteiger partial charge in [0.25, 0.3) is 0 Å². The Morgan fingerprint density at radius 2 is 1.57 bits per heavy atom. The SMILES string of the molecule is CNC(C1CC1)C1CCS(=O)(=O)CC1. The lowest BCUT2D eigenvalue weighted by Crippen LogP contribution is -2.40. The lowest BCUT2D eigenvalue weighted by molar-refractivity contribution is 0.314. The topological polar surface area (TPSA) is 46.2 Å². The van der Waals surface area contributed by atoms with Crippen molar-refractivity contribution in [2.45, 2.75) is 31.7 Å². The Labute approximate surface area is 86.2 Å². The van der Waals surface area contributed by atoms with Gasteiger partial charge in [0.1, 0.15) is 9.84 Å². The molecule has 0 radical (unpaired) electrons. The van der Waals surface area contributed by atoms with E-state index in [4.69, 9.17) is 0 Å². The van der Waals surface area contributed by atoms with E-state index in [1.807, 2.05) is 7.05 Å². The Morgan fingerprint density at radius 1 is 1.07 bits per heavy atom. The maximum Gasteiger partial charge on any atom is 0.150 e. The van der Waals surface area contributed by atoms with Crippen LogP contribution in [0.25, 0.3) is 0 Å². The largest absolute Gasteiger partial charge is 0.316 e. The molecule has 1 saturated heterocycles. The smallest absolute Gasteiger partial charge is 0.150 e. The minimum absolute atomic E-state index is 0.405. The van der Waals surface area contributed by atoms with Gasteiger partial charge in [-0.25, -0.2) is 8.42 Å². The summed E-state index contributed by atoms with van der Waals surface area (Å²) < 4.78 is 22.5. The van der Waals surface area contributed by atoms with Crippen molar-refractivity contribution in [1.82, 2.24) is 5.32 Å². The molecule has 1 N–H and O–H groups in total. The maximum absolute atomic E-state index is 11.3. The van der Waals surface area contributed by atoms with Crippen LogP contribution in [0.4, 0.5) is 0 Å². The van der Waals surface area contributed by atoms with Crippen LogP contribution in [-0.2, 0) is 9.84 Å². The molecule has 0 bridgehead atoms. The van der Waals surface area contributed by atoms with Crippen molar-refractivity contribution < 1.29 is 8.42 Å². The first-order valence-electron chi connectivity index (χ1n) is 5.50. The molecule has 1 aliphatic heterocycles. The highest BCUT2D eigenvalue weighted by molar-refractivity contribution is 7.91. The standard InChI is InChI=1S/C10H19NO2S/c1-11-10(8-2-3-8)9-4-6-14(12,13)7-5-9/h8-11H,2-7H2,1H3. The Morgan fingerprint density at radius 3 is 2.00 bits per heavy atom. The molecule has 1 atom stereocenters. The quantitative estimate of drug-likeness (QED) is 0.761. The second-order valence-electron chi connectivity index (χ2n) is 4.64. The van der Waals surface area contributed by atoms with Gasteiger partial charge in [0.15, 0.2) is 0 Å². The predicted octanol–water partition coefficient (Wildman–Crippen LogP) is 0.809. The van der Waals surface area contributed by atoms with Gasteiger partial charge in [0.05, 0.1) is 11.5 Å². The summed E-state index contributed by atoms with van der Waals surface area (Å²) in [5.41, 5.74) is 0. The number of hydrogen-bond donors (Lipinski definition) is 1. The van der Waals surface area contributed by atoms with Crippen LogP contribution < -0.4 is 5.32 Å². The van der Waals surface area contributed by atoms with E-state index in [2.05, 4.69) is 5.32 Å². The number of sulfone groups is 1. The molecule has 0 aromatic carbocycles. The summed E-state index contributed by atoms with van der Waals surface area (Å²) >= 11 is 0. The molecule has 2 aliphatic rings. The molecule has 1 heterocycles. The first kappa shape index (κ1) is 10.4. The summed E-state index contributed by atoms with van der Waals surface area (Å²) in [5.74, 6) is 2.23. The molecule has 0 aromatic rings. The fourth-order valence-electron chi connectivity index (χ4n) is 2.58. The van der Waals surface area contributed by atoms with E-state index in [-0.39, 0.29) is 0 Å². The van der Waals surface area contributed by atoms with Crippen molar-refractivity contribution in [3.8, 4) is 0 Å². The zero-order chi connectivity index (χ0) is 10.2. The first-order chi connectivity index (χ1) is 6.62. The third-order valence-corrected chi connectivity index (χ3v) is 5.29. The number of nitrogens with one attached hydrogen (secondary N) is 1. The van der Waals surface area contributed by atoms with Crippen LogP contribution in [0.2, 0.25) is 0 Å². The molecule has 1 aliphatic carbocycles. The third kappa shape index (κ3) is 2.28. The average Bonchev–Trinajstić information content (AvgIpc) is 2.93. The fourth-order valence-corrected chi connectivity index (χ4v) is 4.11. The summed E-state index contributed by atoms with van der Waals surface area (Å²) in [6, 6.07) is 0.575. The zero-order valence-corrected chi connectivity index (χ0v) is 9.52. The van der Waals surface area contributed by atoms with Crippen LogP contribution in [0.5, 0.6) is 0 Å². The minimum atomic E-state index is -2.69. The Kier molecular flexibility index (Phi) is 2.84. The van der Waals surface area contributed by atoms with Crippen molar-refractivity contribution >= 4 is 9.84 Å². The minimum Gasteiger partial charge on any atom is -0.316 e. The maximum atomic E-state index is 11.3. The molecule has 14 heavy (non-hydrogen) atoms. The van der Waals surface area contributed by atoms with Crippen molar-refractivity contribution in [3.63, 3.8) is 0 Å². The van der Waals surface area contributed by atoms with Crippen molar-refractivity contribution in [2.24, 2.45) is 11.8 Å². The normalized spacial score (nSPS) is 30.1. The van der Waals surface area contributed by atoms with Crippen LogP contribution in [-0.4, -0.2) is 33.0 Å². The van der Waals surface area contributed by atoms with Gasteiger partial charge in [-0.3, -0.25) is 0 Å². The number of rotatable bonds is 3. The van der Waals surface area contributed by atoms with Crippen LogP contribution in [0.1, 0.15) is 25.7 Å². The van der Waals surface area contributed by atoms with Crippen LogP contribution >= 0.6 is 0 Å². The second kappa shape index (κ2) is 3.81. The molecule has 1 unspecified atom stereocenters. The zero-order valence-electron chi connectivity index (χ0n) is 8.70. The molecule has 82 valence electrons. The molecular formula is C10H19NO2S. The second-order valence-corrected chi connectivity index (χ2v) is 6.94. The molecule has 1 saturated carbocycles. The van der Waals surface area contributed by atoms with E-state index >= 15 is 0 Å². The Bertz CT molecular complexity index is 281. The van der Waals surface area contributed by atoms with Gasteiger partial charge in [-0.2, -0.15) is 0 Å². The summed E-state index contributed by atoms with van der Waals surface area (Å²) in [4.78, 5) is 0. The van der Waals surface area contributed by atoms with E-state index in [0.717, 1.165) is 18.8 Å². The number of hydrogen-bond acceptors (Lipinski definition) is 3. The molecule has 2 fully saturated rings. The van der Waals surface area contributed by atoms with Gasteiger partial charge in [-0.05, 0) is 44.6 Å². The van der Waals surface area contributed by atoms with E-state index in [1.165, 1.54) is 12.8 Å². The molecule has 2 rings (SSSR count). The van der Waals surface area contributed by atoms with E-state index in [0.29, 0.717) is 23.5 Å². The van der Waals surface area contributed by atoms with Gasteiger partial charge in [-0.15, -0.1) is 0 Å². The van der Waals surface area contributed by atoms with Gasteiger partial charge in [0, 0.05) is 6.04 Å². The Hall–Kier alpha value is -0.0900. The molecule has 0 aromatic heterocycles. The predicted molar refractivity (Wildman–Crippen MR) is 56.9 cm³/mol. The van der Waals surface area contributed by atoms with E-state index in [1.54, 1.807) is 0 Å². The van der Waals surface area contributed by atoms with Gasteiger partial charge in [0.2, 0.25) is 0 Å². The summed E-state index contributed by atoms with van der Waals surface area (Å²) in [6.07, 6.45) is 4.39. The first-order valence-corrected chi connectivity index (χ1v) is 7.32. The lowest BCUT2D eigenvalue weighted by Gasteiger charge is -2.30. The van der Waals surface area contributed by atoms with E-state index < -0.39 is 9.84 Å². The monoisotopic (exact) mass is 217 g/mol. The van der Waals surface area contributed by atoms with Crippen LogP contribution in [0, 0.1) is 11.8 Å². The molecule has 3 nitrogen and oxygen atoms in total. The van der Waals surface area contributed by atoms with Crippen molar-refractivity contribution in [3.05, 3.63) is 0 Å². The summed E-state index contributed by atoms with van der Waals surface area (Å²) in [6.45, 7) is 0. The third-order valence-electron chi connectivity index (χ3n) is 3.57. The fraction of sp³-hybridized carbons (Fsp3) is 1.00. The van der Waals surface area contributed by atoms with E-state index in [9.17, 15) is 8.42 Å². The van der Waals surface area contributed by atoms with Gasteiger partial charge < -0.3 is 5.32 Å². The van der Waals surface area contributed by atoms with Gasteiger partial charge >= 0.3 is 0 Å². The highest BCUT2D eigenvalue weighted by atomic mass is 32.2. The molecular weight excluding hydrogens is 198 g/mol. The molecule has 0 spiro atoms. The van der Waals surface area contributed by atoms with Crippen LogP contribution in [0.3, 0.4) is 0 Å². The average molecular weight is 217 g/mol. The molecule has 0 amide bonds. The van der Waals surface area contributed by atoms with Crippen molar-refractivity contribution in [1.29, 1.82) is 0 Å². The van der Waals surface area contributed by atoms with Gasteiger partial charge in [-0.1, -0.05) is 0 Å².